The second kappa shape index (κ2) is 5.71. The molecular weight excluding hydrogens is 266 g/mol. The van der Waals surface area contributed by atoms with Crippen molar-refractivity contribution < 1.29 is 4.79 Å². The fourth-order valence-electron chi connectivity index (χ4n) is 2.61. The third-order valence-corrected chi connectivity index (χ3v) is 4.68. The summed E-state index contributed by atoms with van der Waals surface area (Å²) in [6, 6.07) is 18.2. The maximum Gasteiger partial charge on any atom is 0.255 e. The van der Waals surface area contributed by atoms with Gasteiger partial charge in [0, 0.05) is 12.1 Å². The number of benzene rings is 2. The zero-order valence-electron chi connectivity index (χ0n) is 11.5. The van der Waals surface area contributed by atoms with E-state index in [0.29, 0.717) is 6.54 Å². The molecule has 0 aromatic heterocycles. The number of nitrogens with zero attached hydrogens (tertiary/aromatic N) is 1. The van der Waals surface area contributed by atoms with E-state index in [2.05, 4.69) is 25.1 Å². The summed E-state index contributed by atoms with van der Waals surface area (Å²) in [5.74, 6) is 1.15. The molecule has 2 aromatic rings. The van der Waals surface area contributed by atoms with Crippen molar-refractivity contribution in [3.8, 4) is 0 Å². The van der Waals surface area contributed by atoms with E-state index >= 15 is 0 Å². The predicted molar refractivity (Wildman–Crippen MR) is 83.6 cm³/mol. The van der Waals surface area contributed by atoms with Crippen LogP contribution in [0.4, 0.5) is 0 Å². The van der Waals surface area contributed by atoms with E-state index in [9.17, 15) is 4.79 Å². The molecule has 1 heterocycles. The second-order valence-corrected chi connectivity index (χ2v) is 6.17. The largest absolute Gasteiger partial charge is 0.318 e. The van der Waals surface area contributed by atoms with Gasteiger partial charge in [0.25, 0.3) is 5.91 Å². The molecule has 0 aliphatic carbocycles. The van der Waals surface area contributed by atoms with E-state index < -0.39 is 0 Å². The summed E-state index contributed by atoms with van der Waals surface area (Å²) in [5, 5.41) is 0.143. The Balaban J connectivity index is 1.92. The van der Waals surface area contributed by atoms with Gasteiger partial charge >= 0.3 is 0 Å². The summed E-state index contributed by atoms with van der Waals surface area (Å²) in [6.45, 7) is 2.81. The highest BCUT2D eigenvalue weighted by atomic mass is 32.2. The SMILES string of the molecule is CCS[C@H]1c2ccccc2C(=O)N1Cc1ccccc1. The minimum absolute atomic E-state index is 0.143. The van der Waals surface area contributed by atoms with E-state index in [-0.39, 0.29) is 11.3 Å². The lowest BCUT2D eigenvalue weighted by molar-refractivity contribution is 0.0761. The van der Waals surface area contributed by atoms with Crippen molar-refractivity contribution in [3.05, 3.63) is 71.3 Å². The van der Waals surface area contributed by atoms with Gasteiger partial charge in [-0.25, -0.2) is 0 Å². The molecule has 0 bridgehead atoms. The highest BCUT2D eigenvalue weighted by Crippen LogP contribution is 2.41. The number of amides is 1. The molecule has 1 atom stereocenters. The first-order chi connectivity index (χ1) is 9.81. The van der Waals surface area contributed by atoms with Crippen LogP contribution in [0.1, 0.15) is 33.8 Å². The van der Waals surface area contributed by atoms with Crippen LogP contribution in [0.25, 0.3) is 0 Å². The standard InChI is InChI=1S/C17H17NOS/c1-2-20-17-15-11-7-6-10-14(15)16(19)18(17)12-13-8-4-3-5-9-13/h3-11,17H,2,12H2,1H3/t17-/m0/s1. The Kier molecular flexibility index (Phi) is 3.79. The monoisotopic (exact) mass is 283 g/mol. The van der Waals surface area contributed by atoms with Crippen LogP contribution in [-0.2, 0) is 6.54 Å². The molecule has 1 aliphatic rings. The average molecular weight is 283 g/mol. The third kappa shape index (κ3) is 2.34. The highest BCUT2D eigenvalue weighted by molar-refractivity contribution is 7.99. The number of thioether (sulfide) groups is 1. The Morgan fingerprint density at radius 3 is 2.50 bits per heavy atom. The van der Waals surface area contributed by atoms with Crippen LogP contribution in [0.15, 0.2) is 54.6 Å². The van der Waals surface area contributed by atoms with Crippen molar-refractivity contribution in [2.24, 2.45) is 0 Å². The van der Waals surface area contributed by atoms with Crippen molar-refractivity contribution >= 4 is 17.7 Å². The molecule has 0 radical (unpaired) electrons. The van der Waals surface area contributed by atoms with Crippen LogP contribution >= 0.6 is 11.8 Å². The minimum Gasteiger partial charge on any atom is -0.318 e. The highest BCUT2D eigenvalue weighted by Gasteiger charge is 2.36. The molecule has 0 fully saturated rings. The van der Waals surface area contributed by atoms with Gasteiger partial charge in [-0.15, -0.1) is 11.8 Å². The number of hydrogen-bond donors (Lipinski definition) is 0. The molecule has 0 saturated carbocycles. The molecule has 20 heavy (non-hydrogen) atoms. The molecule has 0 unspecified atom stereocenters. The van der Waals surface area contributed by atoms with Gasteiger partial charge < -0.3 is 4.90 Å². The number of carbonyl (C=O) groups is 1. The van der Waals surface area contributed by atoms with Gasteiger partial charge in [-0.1, -0.05) is 55.5 Å². The quantitative estimate of drug-likeness (QED) is 0.842. The zero-order valence-corrected chi connectivity index (χ0v) is 12.3. The lowest BCUT2D eigenvalue weighted by atomic mass is 10.1. The molecule has 1 aliphatic heterocycles. The normalized spacial score (nSPS) is 17.4. The summed E-state index contributed by atoms with van der Waals surface area (Å²) in [4.78, 5) is 14.6. The van der Waals surface area contributed by atoms with Crippen molar-refractivity contribution in [2.75, 3.05) is 5.75 Å². The summed E-state index contributed by atoms with van der Waals surface area (Å²) in [7, 11) is 0. The first kappa shape index (κ1) is 13.3. The topological polar surface area (TPSA) is 20.3 Å². The molecule has 2 nitrogen and oxygen atoms in total. The van der Waals surface area contributed by atoms with Gasteiger partial charge in [-0.05, 0) is 22.9 Å². The molecule has 2 aromatic carbocycles. The minimum atomic E-state index is 0.143. The van der Waals surface area contributed by atoms with Crippen LogP contribution in [0.3, 0.4) is 0 Å². The van der Waals surface area contributed by atoms with Crippen LogP contribution in [-0.4, -0.2) is 16.6 Å². The maximum absolute atomic E-state index is 12.6. The molecular formula is C17H17NOS. The second-order valence-electron chi connectivity index (χ2n) is 4.81. The number of carbonyl (C=O) groups excluding carboxylic acids is 1. The van der Waals surface area contributed by atoms with Gasteiger partial charge in [0.2, 0.25) is 0 Å². The van der Waals surface area contributed by atoms with Crippen LogP contribution in [0.2, 0.25) is 0 Å². The summed E-state index contributed by atoms with van der Waals surface area (Å²) < 4.78 is 0. The maximum atomic E-state index is 12.6. The first-order valence-electron chi connectivity index (χ1n) is 6.86. The number of rotatable bonds is 4. The third-order valence-electron chi connectivity index (χ3n) is 3.52. The number of fused-ring (bicyclic) bond motifs is 1. The van der Waals surface area contributed by atoms with Crippen LogP contribution in [0, 0.1) is 0 Å². The van der Waals surface area contributed by atoms with E-state index in [1.807, 2.05) is 53.1 Å². The number of hydrogen-bond acceptors (Lipinski definition) is 2. The van der Waals surface area contributed by atoms with Gasteiger partial charge in [-0.3, -0.25) is 4.79 Å². The van der Waals surface area contributed by atoms with Crippen molar-refractivity contribution in [2.45, 2.75) is 18.8 Å². The summed E-state index contributed by atoms with van der Waals surface area (Å²) >= 11 is 1.82. The Labute approximate surface area is 123 Å². The average Bonchev–Trinajstić information content (AvgIpc) is 2.75. The van der Waals surface area contributed by atoms with Crippen molar-refractivity contribution in [3.63, 3.8) is 0 Å². The molecule has 3 heteroatoms. The van der Waals surface area contributed by atoms with E-state index in [1.165, 1.54) is 5.56 Å². The molecule has 102 valence electrons. The molecule has 3 rings (SSSR count). The summed E-state index contributed by atoms with van der Waals surface area (Å²) in [6.07, 6.45) is 0. The first-order valence-corrected chi connectivity index (χ1v) is 7.91. The fraction of sp³-hybridized carbons (Fsp3) is 0.235. The molecule has 1 amide bonds. The Hall–Kier alpha value is -1.74. The van der Waals surface area contributed by atoms with Gasteiger partial charge in [0.15, 0.2) is 0 Å². The molecule has 0 N–H and O–H groups in total. The lowest BCUT2D eigenvalue weighted by Crippen LogP contribution is -2.26. The van der Waals surface area contributed by atoms with Crippen molar-refractivity contribution in [1.29, 1.82) is 0 Å². The Morgan fingerprint density at radius 2 is 1.75 bits per heavy atom. The fourth-order valence-corrected chi connectivity index (χ4v) is 3.66. The van der Waals surface area contributed by atoms with Crippen molar-refractivity contribution in [1.82, 2.24) is 4.90 Å². The van der Waals surface area contributed by atoms with E-state index in [0.717, 1.165) is 16.9 Å². The van der Waals surface area contributed by atoms with Gasteiger partial charge in [0.1, 0.15) is 5.37 Å². The van der Waals surface area contributed by atoms with Gasteiger partial charge in [-0.2, -0.15) is 0 Å². The van der Waals surface area contributed by atoms with E-state index in [1.54, 1.807) is 0 Å². The van der Waals surface area contributed by atoms with Crippen LogP contribution in [0.5, 0.6) is 0 Å². The lowest BCUT2D eigenvalue weighted by Gasteiger charge is -2.24. The van der Waals surface area contributed by atoms with Crippen LogP contribution < -0.4 is 0 Å². The smallest absolute Gasteiger partial charge is 0.255 e. The Morgan fingerprint density at radius 1 is 1.05 bits per heavy atom. The van der Waals surface area contributed by atoms with E-state index in [4.69, 9.17) is 0 Å². The van der Waals surface area contributed by atoms with Gasteiger partial charge in [0.05, 0.1) is 0 Å². The molecule has 0 spiro atoms. The summed E-state index contributed by atoms with van der Waals surface area (Å²) in [5.41, 5.74) is 3.19. The predicted octanol–water partition coefficient (Wildman–Crippen LogP) is 4.09. The zero-order chi connectivity index (χ0) is 13.9. The Bertz CT molecular complexity index is 611. The molecule has 0 saturated heterocycles.